The molecule has 0 radical (unpaired) electrons. The number of rotatable bonds is 3. The minimum atomic E-state index is -0.102. The quantitative estimate of drug-likeness (QED) is 0.800. The molecule has 0 bridgehead atoms. The fraction of sp³-hybridized carbons (Fsp3) is 0.500. The summed E-state index contributed by atoms with van der Waals surface area (Å²) in [5.41, 5.74) is 2.30. The second-order valence-corrected chi connectivity index (χ2v) is 5.50. The van der Waals surface area contributed by atoms with Crippen LogP contribution < -0.4 is 9.47 Å². The van der Waals surface area contributed by atoms with Crippen molar-refractivity contribution in [3.8, 4) is 11.5 Å². The molecule has 1 aromatic carbocycles. The number of hydrogen-bond acceptors (Lipinski definition) is 3. The normalized spacial score (nSPS) is 17.8. The van der Waals surface area contributed by atoms with Crippen LogP contribution in [0.25, 0.3) is 0 Å². The van der Waals surface area contributed by atoms with E-state index in [2.05, 4.69) is 22.9 Å². The Bertz CT molecular complexity index is 399. The van der Waals surface area contributed by atoms with E-state index >= 15 is 0 Å². The van der Waals surface area contributed by atoms with Gasteiger partial charge in [0.25, 0.3) is 0 Å². The molecule has 0 unspecified atom stereocenters. The summed E-state index contributed by atoms with van der Waals surface area (Å²) in [5, 5.41) is 0. The van der Waals surface area contributed by atoms with Crippen molar-refractivity contribution >= 4 is 15.9 Å². The molecule has 0 N–H and O–H groups in total. The average Bonchev–Trinajstić information content (AvgIpc) is 2.24. The van der Waals surface area contributed by atoms with Gasteiger partial charge in [0.1, 0.15) is 15.8 Å². The highest BCUT2D eigenvalue weighted by Gasteiger charge is 2.41. The Morgan fingerprint density at radius 2 is 1.94 bits per heavy atom. The summed E-state index contributed by atoms with van der Waals surface area (Å²) in [5.74, 6) is 1.66. The van der Waals surface area contributed by atoms with Crippen LogP contribution in [0, 0.1) is 6.92 Å². The maximum Gasteiger partial charge on any atom is 0.127 e. The van der Waals surface area contributed by atoms with Gasteiger partial charge in [-0.15, -0.1) is 0 Å². The first-order chi connectivity index (χ1) is 7.60. The van der Waals surface area contributed by atoms with E-state index in [0.717, 1.165) is 22.6 Å². The predicted molar refractivity (Wildman–Crippen MR) is 65.7 cm³/mol. The van der Waals surface area contributed by atoms with Crippen LogP contribution in [0.5, 0.6) is 11.5 Å². The lowest BCUT2D eigenvalue weighted by atomic mass is 9.92. The molecular formula is C12H15BrO3. The third-order valence-corrected chi connectivity index (χ3v) is 3.69. The molecule has 0 atom stereocenters. The molecule has 0 spiro atoms. The van der Waals surface area contributed by atoms with E-state index in [1.807, 2.05) is 12.1 Å². The van der Waals surface area contributed by atoms with Crippen LogP contribution >= 0.6 is 15.9 Å². The van der Waals surface area contributed by atoms with Crippen molar-refractivity contribution in [3.63, 3.8) is 0 Å². The molecule has 2 rings (SSSR count). The van der Waals surface area contributed by atoms with Gasteiger partial charge in [-0.05, 0) is 18.6 Å². The molecule has 1 saturated heterocycles. The van der Waals surface area contributed by atoms with Crippen molar-refractivity contribution in [2.45, 2.75) is 11.2 Å². The number of methoxy groups -OCH3 is 2. The molecule has 0 saturated carbocycles. The van der Waals surface area contributed by atoms with Crippen LogP contribution in [0.15, 0.2) is 12.1 Å². The van der Waals surface area contributed by atoms with E-state index in [9.17, 15) is 0 Å². The standard InChI is InChI=1S/C12H15BrO3/c1-8-4-9(14-2)5-10(15-3)11(8)12(13)6-16-7-12/h4-5H,6-7H2,1-3H3. The Balaban J connectivity index is 2.50. The molecule has 1 aromatic rings. The number of aryl methyl sites for hydroxylation is 1. The van der Waals surface area contributed by atoms with Crippen LogP contribution in [-0.2, 0) is 9.06 Å². The third-order valence-electron chi connectivity index (χ3n) is 2.84. The molecule has 88 valence electrons. The SMILES string of the molecule is COc1cc(C)c(C2(Br)COC2)c(OC)c1. The van der Waals surface area contributed by atoms with Crippen molar-refractivity contribution in [3.05, 3.63) is 23.3 Å². The highest BCUT2D eigenvalue weighted by atomic mass is 79.9. The van der Waals surface area contributed by atoms with Gasteiger partial charge in [0.15, 0.2) is 0 Å². The summed E-state index contributed by atoms with van der Waals surface area (Å²) in [6.07, 6.45) is 0. The van der Waals surface area contributed by atoms with E-state index in [1.165, 1.54) is 0 Å². The molecule has 4 heteroatoms. The molecule has 0 aliphatic carbocycles. The second kappa shape index (κ2) is 4.26. The summed E-state index contributed by atoms with van der Waals surface area (Å²) in [7, 11) is 3.33. The van der Waals surface area contributed by atoms with Gasteiger partial charge in [0.2, 0.25) is 0 Å². The second-order valence-electron chi connectivity index (χ2n) is 3.98. The topological polar surface area (TPSA) is 27.7 Å². The molecule has 3 nitrogen and oxygen atoms in total. The first-order valence-electron chi connectivity index (χ1n) is 5.10. The minimum absolute atomic E-state index is 0.102. The number of benzene rings is 1. The first-order valence-corrected chi connectivity index (χ1v) is 5.90. The molecule has 0 aromatic heterocycles. The summed E-state index contributed by atoms with van der Waals surface area (Å²) in [6, 6.07) is 3.92. The monoisotopic (exact) mass is 286 g/mol. The number of ether oxygens (including phenoxy) is 3. The molecular weight excluding hydrogens is 272 g/mol. The Morgan fingerprint density at radius 1 is 1.25 bits per heavy atom. The molecule has 1 heterocycles. The number of alkyl halides is 1. The Kier molecular flexibility index (Phi) is 3.13. The largest absolute Gasteiger partial charge is 0.497 e. The van der Waals surface area contributed by atoms with Crippen molar-refractivity contribution in [2.24, 2.45) is 0 Å². The van der Waals surface area contributed by atoms with Gasteiger partial charge in [0, 0.05) is 11.6 Å². The average molecular weight is 287 g/mol. The zero-order valence-corrected chi connectivity index (χ0v) is 11.3. The van der Waals surface area contributed by atoms with Gasteiger partial charge in [0.05, 0.1) is 27.4 Å². The Morgan fingerprint density at radius 3 is 2.38 bits per heavy atom. The zero-order valence-electron chi connectivity index (χ0n) is 9.67. The lowest BCUT2D eigenvalue weighted by molar-refractivity contribution is -0.00818. The van der Waals surface area contributed by atoms with E-state index in [4.69, 9.17) is 14.2 Å². The van der Waals surface area contributed by atoms with Crippen LogP contribution in [0.2, 0.25) is 0 Å². The van der Waals surface area contributed by atoms with Crippen molar-refractivity contribution in [2.75, 3.05) is 27.4 Å². The predicted octanol–water partition coefficient (Wildman–Crippen LogP) is 2.63. The maximum absolute atomic E-state index is 5.43. The first kappa shape index (κ1) is 11.7. The maximum atomic E-state index is 5.43. The lowest BCUT2D eigenvalue weighted by Gasteiger charge is -2.38. The van der Waals surface area contributed by atoms with Gasteiger partial charge >= 0.3 is 0 Å². The summed E-state index contributed by atoms with van der Waals surface area (Å²) < 4.78 is 15.8. The van der Waals surface area contributed by atoms with Crippen LogP contribution in [0.1, 0.15) is 11.1 Å². The fourth-order valence-corrected chi connectivity index (χ4v) is 2.83. The smallest absolute Gasteiger partial charge is 0.127 e. The molecule has 0 amide bonds. The molecule has 1 aliphatic rings. The zero-order chi connectivity index (χ0) is 11.8. The molecule has 16 heavy (non-hydrogen) atoms. The van der Waals surface area contributed by atoms with Crippen LogP contribution in [-0.4, -0.2) is 27.4 Å². The van der Waals surface area contributed by atoms with Crippen molar-refractivity contribution in [1.29, 1.82) is 0 Å². The van der Waals surface area contributed by atoms with Crippen molar-refractivity contribution < 1.29 is 14.2 Å². The Labute approximate surface area is 104 Å². The van der Waals surface area contributed by atoms with E-state index < -0.39 is 0 Å². The van der Waals surface area contributed by atoms with E-state index in [0.29, 0.717) is 13.2 Å². The van der Waals surface area contributed by atoms with Gasteiger partial charge < -0.3 is 14.2 Å². The van der Waals surface area contributed by atoms with Crippen molar-refractivity contribution in [1.82, 2.24) is 0 Å². The van der Waals surface area contributed by atoms with E-state index in [1.54, 1.807) is 14.2 Å². The molecule has 1 fully saturated rings. The number of halogens is 1. The highest BCUT2D eigenvalue weighted by Crippen LogP contribution is 2.45. The third kappa shape index (κ3) is 1.80. The van der Waals surface area contributed by atoms with Gasteiger partial charge in [-0.1, -0.05) is 15.9 Å². The van der Waals surface area contributed by atoms with E-state index in [-0.39, 0.29) is 4.32 Å². The highest BCUT2D eigenvalue weighted by molar-refractivity contribution is 9.09. The summed E-state index contributed by atoms with van der Waals surface area (Å²) in [4.78, 5) is 0. The number of hydrogen-bond donors (Lipinski definition) is 0. The van der Waals surface area contributed by atoms with Gasteiger partial charge in [-0.3, -0.25) is 0 Å². The minimum Gasteiger partial charge on any atom is -0.497 e. The lowest BCUT2D eigenvalue weighted by Crippen LogP contribution is -2.41. The summed E-state index contributed by atoms with van der Waals surface area (Å²) in [6.45, 7) is 3.41. The Hall–Kier alpha value is -0.740. The fourth-order valence-electron chi connectivity index (χ4n) is 2.00. The van der Waals surface area contributed by atoms with Gasteiger partial charge in [-0.25, -0.2) is 0 Å². The summed E-state index contributed by atoms with van der Waals surface area (Å²) >= 11 is 3.72. The molecule has 1 aliphatic heterocycles. The van der Waals surface area contributed by atoms with Crippen LogP contribution in [0.3, 0.4) is 0 Å². The van der Waals surface area contributed by atoms with Crippen LogP contribution in [0.4, 0.5) is 0 Å². The van der Waals surface area contributed by atoms with Gasteiger partial charge in [-0.2, -0.15) is 0 Å².